The third kappa shape index (κ3) is 6.21. The maximum Gasteiger partial charge on any atom is 0.169 e. The molecule has 0 aliphatic rings. The SMILES string of the molecule is COc1cccc(C[N+](C)(C)CCCCS(=O)(=O)[O-])c1OC. The van der Waals surface area contributed by atoms with Crippen LogP contribution >= 0.6 is 0 Å². The lowest BCUT2D eigenvalue weighted by Crippen LogP contribution is -2.39. The first kappa shape index (κ1) is 18.7. The van der Waals surface area contributed by atoms with Crippen LogP contribution in [0.1, 0.15) is 18.4 Å². The molecule has 0 amide bonds. The number of unbranched alkanes of at least 4 members (excludes halogenated alkanes) is 1. The molecule has 0 bridgehead atoms. The van der Waals surface area contributed by atoms with E-state index in [9.17, 15) is 13.0 Å². The van der Waals surface area contributed by atoms with Crippen LogP contribution in [0.15, 0.2) is 18.2 Å². The van der Waals surface area contributed by atoms with Crippen molar-refractivity contribution in [1.82, 2.24) is 0 Å². The molecule has 7 heteroatoms. The predicted octanol–water partition coefficient (Wildman–Crippen LogP) is 1.61. The summed E-state index contributed by atoms with van der Waals surface area (Å²) in [6, 6.07) is 5.76. The maximum absolute atomic E-state index is 10.6. The van der Waals surface area contributed by atoms with Crippen molar-refractivity contribution in [1.29, 1.82) is 0 Å². The number of hydrogen-bond donors (Lipinski definition) is 0. The van der Waals surface area contributed by atoms with E-state index in [0.717, 1.165) is 24.4 Å². The van der Waals surface area contributed by atoms with Crippen LogP contribution in [0.3, 0.4) is 0 Å². The smallest absolute Gasteiger partial charge is 0.169 e. The Labute approximate surface area is 133 Å². The fraction of sp³-hybridized carbons (Fsp3) is 0.600. The summed E-state index contributed by atoms with van der Waals surface area (Å²) in [7, 11) is 3.22. The van der Waals surface area contributed by atoms with Crippen molar-refractivity contribution in [2.75, 3.05) is 40.6 Å². The topological polar surface area (TPSA) is 75.7 Å². The van der Waals surface area contributed by atoms with Gasteiger partial charge >= 0.3 is 0 Å². The molecule has 0 radical (unpaired) electrons. The highest BCUT2D eigenvalue weighted by Crippen LogP contribution is 2.32. The molecule has 1 rings (SSSR count). The molecule has 0 fully saturated rings. The van der Waals surface area contributed by atoms with Gasteiger partial charge < -0.3 is 18.5 Å². The van der Waals surface area contributed by atoms with Gasteiger partial charge in [-0.1, -0.05) is 6.07 Å². The largest absolute Gasteiger partial charge is 0.748 e. The Kier molecular flexibility index (Phi) is 6.65. The molecule has 1 aromatic carbocycles. The van der Waals surface area contributed by atoms with E-state index in [-0.39, 0.29) is 5.75 Å². The number of ether oxygens (including phenoxy) is 2. The Bertz CT molecular complexity index is 584. The number of quaternary nitrogens is 1. The number of methoxy groups -OCH3 is 2. The van der Waals surface area contributed by atoms with Gasteiger partial charge in [0.2, 0.25) is 0 Å². The summed E-state index contributed by atoms with van der Waals surface area (Å²) in [5.74, 6) is 1.12. The second-order valence-electron chi connectivity index (χ2n) is 5.94. The summed E-state index contributed by atoms with van der Waals surface area (Å²) in [6.07, 6.45) is 1.07. The zero-order valence-corrected chi connectivity index (χ0v) is 14.5. The molecule has 0 aliphatic heterocycles. The zero-order valence-electron chi connectivity index (χ0n) is 13.7. The Morgan fingerprint density at radius 1 is 1.14 bits per heavy atom. The average Bonchev–Trinajstić information content (AvgIpc) is 2.42. The molecule has 0 saturated heterocycles. The molecule has 1 aromatic rings. The minimum atomic E-state index is -4.11. The van der Waals surface area contributed by atoms with Crippen LogP contribution in [0.2, 0.25) is 0 Å². The summed E-state index contributed by atoms with van der Waals surface area (Å²) in [6.45, 7) is 1.50. The molecular formula is C15H25NO5S. The first-order valence-electron chi connectivity index (χ1n) is 7.14. The van der Waals surface area contributed by atoms with Gasteiger partial charge in [0.15, 0.2) is 11.5 Å². The van der Waals surface area contributed by atoms with E-state index in [2.05, 4.69) is 14.1 Å². The molecule has 0 saturated carbocycles. The van der Waals surface area contributed by atoms with E-state index < -0.39 is 10.1 Å². The van der Waals surface area contributed by atoms with Crippen molar-refractivity contribution in [3.8, 4) is 11.5 Å². The molecular weight excluding hydrogens is 306 g/mol. The van der Waals surface area contributed by atoms with Gasteiger partial charge in [-0.3, -0.25) is 0 Å². The number of hydrogen-bond acceptors (Lipinski definition) is 5. The first-order chi connectivity index (χ1) is 10.2. The molecule has 6 nitrogen and oxygen atoms in total. The second-order valence-corrected chi connectivity index (χ2v) is 7.46. The number of nitrogens with zero attached hydrogens (tertiary/aromatic N) is 1. The monoisotopic (exact) mass is 331 g/mol. The quantitative estimate of drug-likeness (QED) is 0.390. The van der Waals surface area contributed by atoms with Gasteiger partial charge in [-0.25, -0.2) is 8.42 Å². The molecule has 0 heterocycles. The predicted molar refractivity (Wildman–Crippen MR) is 84.0 cm³/mol. The van der Waals surface area contributed by atoms with Crippen molar-refractivity contribution in [3.05, 3.63) is 23.8 Å². The van der Waals surface area contributed by atoms with E-state index in [4.69, 9.17) is 9.47 Å². The van der Waals surface area contributed by atoms with E-state index in [1.54, 1.807) is 14.2 Å². The fourth-order valence-corrected chi connectivity index (χ4v) is 2.99. The summed E-state index contributed by atoms with van der Waals surface area (Å²) in [4.78, 5) is 0. The van der Waals surface area contributed by atoms with Gasteiger partial charge in [-0.2, -0.15) is 0 Å². The second kappa shape index (κ2) is 7.80. The molecule has 0 aromatic heterocycles. The van der Waals surface area contributed by atoms with Crippen LogP contribution in [0.5, 0.6) is 11.5 Å². The van der Waals surface area contributed by atoms with E-state index in [1.165, 1.54) is 0 Å². The maximum atomic E-state index is 10.6. The summed E-state index contributed by atoms with van der Waals surface area (Å²) < 4.78 is 43.2. The highest BCUT2D eigenvalue weighted by atomic mass is 32.2. The summed E-state index contributed by atoms with van der Waals surface area (Å²) >= 11 is 0. The van der Waals surface area contributed by atoms with Gasteiger partial charge in [0.1, 0.15) is 6.54 Å². The standard InChI is InChI=1S/C15H25NO5S/c1-16(2,10-5-6-11-22(17,18)19)12-13-8-7-9-14(20-3)15(13)21-4/h7-9H,5-6,10-12H2,1-4H3. The molecule has 0 atom stereocenters. The van der Waals surface area contributed by atoms with Crippen molar-refractivity contribution in [3.63, 3.8) is 0 Å². The van der Waals surface area contributed by atoms with Gasteiger partial charge in [0.25, 0.3) is 0 Å². The lowest BCUT2D eigenvalue weighted by Gasteiger charge is -2.30. The zero-order chi connectivity index (χ0) is 16.8. The Hall–Kier alpha value is -1.31. The van der Waals surface area contributed by atoms with Crippen LogP contribution in [-0.4, -0.2) is 58.1 Å². The van der Waals surface area contributed by atoms with Gasteiger partial charge in [-0.15, -0.1) is 0 Å². The summed E-state index contributed by atoms with van der Waals surface area (Å²) in [5.41, 5.74) is 1.03. The van der Waals surface area contributed by atoms with Crippen LogP contribution < -0.4 is 9.47 Å². The summed E-state index contributed by atoms with van der Waals surface area (Å²) in [5, 5.41) is 0. The third-order valence-corrected chi connectivity index (χ3v) is 4.28. The van der Waals surface area contributed by atoms with Crippen LogP contribution in [0.4, 0.5) is 0 Å². The van der Waals surface area contributed by atoms with Crippen LogP contribution in [-0.2, 0) is 16.7 Å². The van der Waals surface area contributed by atoms with Crippen LogP contribution in [0.25, 0.3) is 0 Å². The minimum absolute atomic E-state index is 0.296. The third-order valence-electron chi connectivity index (χ3n) is 3.49. The van der Waals surface area contributed by atoms with Crippen molar-refractivity contribution < 1.29 is 26.9 Å². The highest BCUT2D eigenvalue weighted by molar-refractivity contribution is 7.85. The van der Waals surface area contributed by atoms with Crippen LogP contribution in [0, 0.1) is 0 Å². The molecule has 126 valence electrons. The van der Waals surface area contributed by atoms with E-state index >= 15 is 0 Å². The minimum Gasteiger partial charge on any atom is -0.748 e. The van der Waals surface area contributed by atoms with Crippen molar-refractivity contribution in [2.24, 2.45) is 0 Å². The normalized spacial score (nSPS) is 12.2. The fourth-order valence-electron chi connectivity index (χ4n) is 2.44. The molecule has 0 spiro atoms. The first-order valence-corrected chi connectivity index (χ1v) is 8.72. The highest BCUT2D eigenvalue weighted by Gasteiger charge is 2.20. The molecule has 0 aliphatic carbocycles. The number of para-hydroxylation sites is 1. The van der Waals surface area contributed by atoms with E-state index in [1.807, 2.05) is 18.2 Å². The Morgan fingerprint density at radius 2 is 1.82 bits per heavy atom. The van der Waals surface area contributed by atoms with Gasteiger partial charge in [-0.05, 0) is 25.0 Å². The average molecular weight is 331 g/mol. The number of benzene rings is 1. The Balaban J connectivity index is 2.68. The molecule has 22 heavy (non-hydrogen) atoms. The van der Waals surface area contributed by atoms with Gasteiger partial charge in [0, 0.05) is 5.75 Å². The van der Waals surface area contributed by atoms with E-state index in [0.29, 0.717) is 23.1 Å². The number of rotatable bonds is 9. The molecule has 0 N–H and O–H groups in total. The lowest BCUT2D eigenvalue weighted by molar-refractivity contribution is -0.903. The van der Waals surface area contributed by atoms with Crippen molar-refractivity contribution >= 4 is 10.1 Å². The van der Waals surface area contributed by atoms with Gasteiger partial charge in [0.05, 0.1) is 50.5 Å². The molecule has 0 unspecified atom stereocenters. The Morgan fingerprint density at radius 3 is 2.36 bits per heavy atom. The lowest BCUT2D eigenvalue weighted by atomic mass is 10.1. The van der Waals surface area contributed by atoms with Crippen molar-refractivity contribution in [2.45, 2.75) is 19.4 Å².